The van der Waals surface area contributed by atoms with Crippen LogP contribution in [0.2, 0.25) is 10.0 Å². The molecule has 0 aliphatic carbocycles. The third-order valence-electron chi connectivity index (χ3n) is 4.01. The monoisotopic (exact) mass is 485 g/mol. The Bertz CT molecular complexity index is 1040. The first-order chi connectivity index (χ1) is 13.3. The molecule has 9 heteroatoms. The van der Waals surface area contributed by atoms with Crippen LogP contribution in [0.4, 0.5) is 4.79 Å². The van der Waals surface area contributed by atoms with Crippen LogP contribution in [-0.4, -0.2) is 27.2 Å². The van der Waals surface area contributed by atoms with Crippen molar-refractivity contribution in [1.29, 1.82) is 0 Å². The fraction of sp³-hybridized carbons (Fsp3) is 0.263. The van der Waals surface area contributed by atoms with Gasteiger partial charge in [-0.05, 0) is 34.0 Å². The molecule has 0 radical (unpaired) electrons. The summed E-state index contributed by atoms with van der Waals surface area (Å²) in [5, 5.41) is 12.5. The van der Waals surface area contributed by atoms with Gasteiger partial charge in [0, 0.05) is 32.9 Å². The Morgan fingerprint density at radius 2 is 2.11 bits per heavy atom. The van der Waals surface area contributed by atoms with Crippen LogP contribution in [0.1, 0.15) is 19.4 Å². The number of carbonyl (C=O) groups is 1. The van der Waals surface area contributed by atoms with Crippen LogP contribution < -0.4 is 10.1 Å². The number of hydrogen-bond donors (Lipinski definition) is 2. The van der Waals surface area contributed by atoms with E-state index >= 15 is 0 Å². The Balaban J connectivity index is 2.28. The van der Waals surface area contributed by atoms with Gasteiger partial charge in [-0.2, -0.15) is 0 Å². The van der Waals surface area contributed by atoms with E-state index in [0.717, 1.165) is 10.2 Å². The van der Waals surface area contributed by atoms with Crippen molar-refractivity contribution < 1.29 is 14.6 Å². The SMILES string of the molecule is CC(C)COc1c(CNC(=O)O)c(-c2ccc(Cl)cc2Cl)cn2c(Br)cnc12. The highest BCUT2D eigenvalue weighted by atomic mass is 79.9. The predicted molar refractivity (Wildman–Crippen MR) is 114 cm³/mol. The maximum atomic E-state index is 11.2. The number of aromatic nitrogens is 2. The molecular formula is C19H18BrCl2N3O3. The Morgan fingerprint density at radius 1 is 1.36 bits per heavy atom. The molecular weight excluding hydrogens is 469 g/mol. The molecule has 1 aromatic carbocycles. The molecule has 0 aliphatic heterocycles. The number of nitrogens with one attached hydrogen (secondary N) is 1. The zero-order chi connectivity index (χ0) is 20.4. The van der Waals surface area contributed by atoms with Gasteiger partial charge in [-0.3, -0.25) is 4.40 Å². The van der Waals surface area contributed by atoms with Gasteiger partial charge in [0.05, 0.1) is 19.3 Å². The summed E-state index contributed by atoms with van der Waals surface area (Å²) in [5.41, 5.74) is 2.67. The Labute approximate surface area is 180 Å². The highest BCUT2D eigenvalue weighted by molar-refractivity contribution is 9.10. The number of nitrogens with zero attached hydrogens (tertiary/aromatic N) is 2. The number of fused-ring (bicyclic) bond motifs is 1. The Hall–Kier alpha value is -1.96. The van der Waals surface area contributed by atoms with Crippen molar-refractivity contribution in [1.82, 2.24) is 14.7 Å². The molecule has 3 rings (SSSR count). The van der Waals surface area contributed by atoms with Crippen LogP contribution in [0, 0.1) is 5.92 Å². The van der Waals surface area contributed by atoms with Crippen molar-refractivity contribution in [2.75, 3.05) is 6.61 Å². The van der Waals surface area contributed by atoms with Crippen LogP contribution in [0.3, 0.4) is 0 Å². The lowest BCUT2D eigenvalue weighted by molar-refractivity contribution is 0.193. The van der Waals surface area contributed by atoms with Gasteiger partial charge in [-0.1, -0.05) is 43.1 Å². The highest BCUT2D eigenvalue weighted by Crippen LogP contribution is 2.39. The molecule has 0 fully saturated rings. The minimum absolute atomic E-state index is 0.0397. The largest absolute Gasteiger partial charge is 0.489 e. The minimum Gasteiger partial charge on any atom is -0.489 e. The second-order valence-corrected chi connectivity index (χ2v) is 8.27. The number of ether oxygens (including phenoxy) is 1. The summed E-state index contributed by atoms with van der Waals surface area (Å²) in [4.78, 5) is 15.6. The molecule has 2 aromatic heterocycles. The maximum absolute atomic E-state index is 11.2. The maximum Gasteiger partial charge on any atom is 0.404 e. The molecule has 6 nitrogen and oxygen atoms in total. The fourth-order valence-electron chi connectivity index (χ4n) is 2.78. The number of halogens is 3. The molecule has 148 valence electrons. The van der Waals surface area contributed by atoms with Crippen LogP contribution in [0.15, 0.2) is 35.2 Å². The van der Waals surface area contributed by atoms with Crippen molar-refractivity contribution in [2.45, 2.75) is 20.4 Å². The van der Waals surface area contributed by atoms with Crippen LogP contribution in [-0.2, 0) is 6.54 Å². The number of carboxylic acid groups (broad SMARTS) is 1. The van der Waals surface area contributed by atoms with E-state index in [4.69, 9.17) is 33.0 Å². The van der Waals surface area contributed by atoms with Crippen molar-refractivity contribution in [3.63, 3.8) is 0 Å². The number of pyridine rings is 1. The van der Waals surface area contributed by atoms with Gasteiger partial charge in [0.2, 0.25) is 0 Å². The van der Waals surface area contributed by atoms with Gasteiger partial charge in [-0.25, -0.2) is 9.78 Å². The molecule has 0 atom stereocenters. The fourth-order valence-corrected chi connectivity index (χ4v) is 3.66. The minimum atomic E-state index is -1.13. The molecule has 28 heavy (non-hydrogen) atoms. The predicted octanol–water partition coefficient (Wildman–Crippen LogP) is 5.87. The first kappa shape index (κ1) is 20.8. The van der Waals surface area contributed by atoms with Gasteiger partial charge in [0.15, 0.2) is 11.4 Å². The highest BCUT2D eigenvalue weighted by Gasteiger charge is 2.21. The second-order valence-electron chi connectivity index (χ2n) is 6.61. The van der Waals surface area contributed by atoms with Crippen molar-refractivity contribution in [2.24, 2.45) is 5.92 Å². The second kappa shape index (κ2) is 8.59. The summed E-state index contributed by atoms with van der Waals surface area (Å²) >= 11 is 16.0. The quantitative estimate of drug-likeness (QED) is 0.456. The van der Waals surface area contributed by atoms with E-state index in [1.54, 1.807) is 24.4 Å². The van der Waals surface area contributed by atoms with Crippen LogP contribution in [0.25, 0.3) is 16.8 Å². The van der Waals surface area contributed by atoms with E-state index < -0.39 is 6.09 Å². The van der Waals surface area contributed by atoms with Gasteiger partial charge >= 0.3 is 6.09 Å². The van der Waals surface area contributed by atoms with Crippen molar-refractivity contribution in [3.8, 4) is 16.9 Å². The molecule has 0 spiro atoms. The van der Waals surface area contributed by atoms with Crippen LogP contribution in [0.5, 0.6) is 5.75 Å². The zero-order valence-electron chi connectivity index (χ0n) is 15.2. The first-order valence-corrected chi connectivity index (χ1v) is 10.1. The lowest BCUT2D eigenvalue weighted by atomic mass is 10.0. The molecule has 3 aromatic rings. The van der Waals surface area contributed by atoms with Gasteiger partial charge in [0.25, 0.3) is 0 Å². The van der Waals surface area contributed by atoms with Crippen LogP contribution >= 0.6 is 39.1 Å². The van der Waals surface area contributed by atoms with Crippen molar-refractivity contribution >= 4 is 50.9 Å². The van der Waals surface area contributed by atoms with E-state index in [1.165, 1.54) is 0 Å². The molecule has 0 saturated carbocycles. The smallest absolute Gasteiger partial charge is 0.404 e. The number of amides is 1. The third-order valence-corrected chi connectivity index (χ3v) is 5.15. The van der Waals surface area contributed by atoms with E-state index in [2.05, 4.69) is 26.2 Å². The average Bonchev–Trinajstić information content (AvgIpc) is 2.98. The molecule has 0 saturated heterocycles. The zero-order valence-corrected chi connectivity index (χ0v) is 18.3. The summed E-state index contributed by atoms with van der Waals surface area (Å²) in [6.07, 6.45) is 2.38. The van der Waals surface area contributed by atoms with E-state index in [1.807, 2.05) is 24.4 Å². The van der Waals surface area contributed by atoms with Gasteiger partial charge < -0.3 is 15.2 Å². The topological polar surface area (TPSA) is 75.9 Å². The van der Waals surface area contributed by atoms with Gasteiger partial charge in [0.1, 0.15) is 4.60 Å². The lowest BCUT2D eigenvalue weighted by Gasteiger charge is -2.19. The molecule has 2 heterocycles. The molecule has 1 amide bonds. The van der Waals surface area contributed by atoms with Crippen molar-refractivity contribution in [3.05, 3.63) is 50.8 Å². The van der Waals surface area contributed by atoms with Gasteiger partial charge in [-0.15, -0.1) is 0 Å². The number of benzene rings is 1. The lowest BCUT2D eigenvalue weighted by Crippen LogP contribution is -2.21. The Morgan fingerprint density at radius 3 is 2.75 bits per heavy atom. The summed E-state index contributed by atoms with van der Waals surface area (Å²) < 4.78 is 8.65. The van der Waals surface area contributed by atoms with E-state index in [9.17, 15) is 4.79 Å². The molecule has 2 N–H and O–H groups in total. The standard InChI is InChI=1S/C19H18BrCl2N3O3/c1-10(2)9-28-17-13(6-24-19(26)27)14(8-25-16(20)7-23-18(17)25)12-4-3-11(21)5-15(12)22/h3-5,7-8,10,24H,6,9H2,1-2H3,(H,26,27). The number of imidazole rings is 1. The summed E-state index contributed by atoms with van der Waals surface area (Å²) in [6, 6.07) is 5.18. The molecule has 0 unspecified atom stereocenters. The summed E-state index contributed by atoms with van der Waals surface area (Å²) in [7, 11) is 0. The normalized spacial score (nSPS) is 11.2. The van der Waals surface area contributed by atoms with E-state index in [0.29, 0.717) is 39.2 Å². The number of hydrogen-bond acceptors (Lipinski definition) is 3. The number of rotatable bonds is 6. The average molecular weight is 487 g/mol. The summed E-state index contributed by atoms with van der Waals surface area (Å²) in [5.74, 6) is 0.790. The first-order valence-electron chi connectivity index (χ1n) is 8.51. The van der Waals surface area contributed by atoms with E-state index in [-0.39, 0.29) is 12.5 Å². The Kier molecular flexibility index (Phi) is 6.37. The molecule has 0 bridgehead atoms. The molecule has 0 aliphatic rings. The third kappa shape index (κ3) is 4.37. The summed E-state index contributed by atoms with van der Waals surface area (Å²) in [6.45, 7) is 4.57.